The highest BCUT2D eigenvalue weighted by atomic mass is 35.5. The van der Waals surface area contributed by atoms with Crippen molar-refractivity contribution in [3.8, 4) is 0 Å². The van der Waals surface area contributed by atoms with Gasteiger partial charge in [0.25, 0.3) is 0 Å². The second-order valence-corrected chi connectivity index (χ2v) is 6.53. The molecule has 0 aliphatic heterocycles. The van der Waals surface area contributed by atoms with Gasteiger partial charge in [-0.15, -0.1) is 16.4 Å². The summed E-state index contributed by atoms with van der Waals surface area (Å²) in [5, 5.41) is 10.2. The number of anilines is 1. The van der Waals surface area contributed by atoms with Gasteiger partial charge in [0.15, 0.2) is 0 Å². The first kappa shape index (κ1) is 15.6. The van der Waals surface area contributed by atoms with Crippen molar-refractivity contribution in [1.29, 1.82) is 0 Å². The van der Waals surface area contributed by atoms with Crippen molar-refractivity contribution >= 4 is 34.9 Å². The highest BCUT2D eigenvalue weighted by molar-refractivity contribution is 7.16. The first-order chi connectivity index (χ1) is 11.1. The summed E-state index contributed by atoms with van der Waals surface area (Å²) in [5.74, 6) is -0.268. The molecule has 1 aromatic carbocycles. The Labute approximate surface area is 140 Å². The minimum Gasteiger partial charge on any atom is -0.407 e. The standard InChI is InChI=1S/C15H11ClFN3O2S/c16-12-6-5-11(23-12)8-14-19-20-15(22-14)18-13(21)7-9-1-3-10(17)4-2-9/h1-6H,7-8H2,(H,18,20,21). The zero-order valence-corrected chi connectivity index (χ0v) is 13.3. The van der Waals surface area contributed by atoms with E-state index >= 15 is 0 Å². The number of nitrogens with zero attached hydrogens (tertiary/aromatic N) is 2. The minimum atomic E-state index is -0.343. The summed E-state index contributed by atoms with van der Waals surface area (Å²) in [6, 6.07) is 9.42. The van der Waals surface area contributed by atoms with Crippen molar-refractivity contribution in [3.63, 3.8) is 0 Å². The van der Waals surface area contributed by atoms with Crippen LogP contribution in [0.15, 0.2) is 40.8 Å². The average molecular weight is 352 g/mol. The molecule has 0 unspecified atom stereocenters. The Morgan fingerprint density at radius 1 is 1.22 bits per heavy atom. The summed E-state index contributed by atoms with van der Waals surface area (Å²) < 4.78 is 18.9. The fraction of sp³-hybridized carbons (Fsp3) is 0.133. The van der Waals surface area contributed by atoms with Crippen molar-refractivity contribution in [2.24, 2.45) is 0 Å². The molecule has 0 radical (unpaired) electrons. The van der Waals surface area contributed by atoms with Gasteiger partial charge < -0.3 is 4.42 Å². The van der Waals surface area contributed by atoms with E-state index < -0.39 is 0 Å². The molecule has 0 atom stereocenters. The molecule has 23 heavy (non-hydrogen) atoms. The second-order valence-electron chi connectivity index (χ2n) is 4.73. The molecule has 2 heterocycles. The third-order valence-corrected chi connectivity index (χ3v) is 4.18. The quantitative estimate of drug-likeness (QED) is 0.761. The Morgan fingerprint density at radius 3 is 2.70 bits per heavy atom. The SMILES string of the molecule is O=C(Cc1ccc(F)cc1)Nc1nnc(Cc2ccc(Cl)s2)o1. The van der Waals surface area contributed by atoms with Gasteiger partial charge in [-0.1, -0.05) is 28.8 Å². The van der Waals surface area contributed by atoms with Crippen LogP contribution in [-0.2, 0) is 17.6 Å². The van der Waals surface area contributed by atoms with Gasteiger partial charge >= 0.3 is 6.01 Å². The Morgan fingerprint density at radius 2 is 2.00 bits per heavy atom. The first-order valence-electron chi connectivity index (χ1n) is 6.69. The van der Waals surface area contributed by atoms with Gasteiger partial charge in [-0.3, -0.25) is 10.1 Å². The third-order valence-electron chi connectivity index (χ3n) is 2.95. The van der Waals surface area contributed by atoms with E-state index in [1.165, 1.54) is 23.5 Å². The van der Waals surface area contributed by atoms with Crippen LogP contribution in [0.4, 0.5) is 10.4 Å². The van der Waals surface area contributed by atoms with Gasteiger partial charge in [0.2, 0.25) is 11.8 Å². The number of halogens is 2. The van der Waals surface area contributed by atoms with E-state index in [1.54, 1.807) is 18.2 Å². The second kappa shape index (κ2) is 6.89. The van der Waals surface area contributed by atoms with Crippen LogP contribution >= 0.6 is 22.9 Å². The molecule has 0 bridgehead atoms. The normalized spacial score (nSPS) is 10.7. The summed E-state index contributed by atoms with van der Waals surface area (Å²) in [6.45, 7) is 0. The number of thiophene rings is 1. The van der Waals surface area contributed by atoms with E-state index in [2.05, 4.69) is 15.5 Å². The van der Waals surface area contributed by atoms with Gasteiger partial charge in [0.05, 0.1) is 17.2 Å². The molecule has 0 saturated heterocycles. The zero-order valence-electron chi connectivity index (χ0n) is 11.8. The maximum Gasteiger partial charge on any atom is 0.322 e. The van der Waals surface area contributed by atoms with E-state index in [-0.39, 0.29) is 24.2 Å². The Bertz CT molecular complexity index is 816. The predicted octanol–water partition coefficient (Wildman–Crippen LogP) is 3.70. The molecule has 1 amide bonds. The van der Waals surface area contributed by atoms with Crippen LogP contribution in [0.2, 0.25) is 4.34 Å². The summed E-state index contributed by atoms with van der Waals surface area (Å²) in [7, 11) is 0. The van der Waals surface area contributed by atoms with Crippen LogP contribution in [0.25, 0.3) is 0 Å². The van der Waals surface area contributed by atoms with Gasteiger partial charge in [0.1, 0.15) is 5.82 Å². The van der Waals surface area contributed by atoms with Crippen LogP contribution in [0.5, 0.6) is 0 Å². The number of hydrogen-bond acceptors (Lipinski definition) is 5. The van der Waals surface area contributed by atoms with Crippen LogP contribution in [0.1, 0.15) is 16.3 Å². The lowest BCUT2D eigenvalue weighted by molar-refractivity contribution is -0.115. The summed E-state index contributed by atoms with van der Waals surface area (Å²) in [6.07, 6.45) is 0.552. The lowest BCUT2D eigenvalue weighted by Crippen LogP contribution is -2.14. The molecule has 3 aromatic rings. The molecule has 0 spiro atoms. The number of carbonyl (C=O) groups is 1. The molecule has 5 nitrogen and oxygen atoms in total. The van der Waals surface area contributed by atoms with E-state index in [4.69, 9.17) is 16.0 Å². The van der Waals surface area contributed by atoms with Crippen molar-refractivity contribution in [1.82, 2.24) is 10.2 Å². The Kier molecular flexibility index (Phi) is 4.68. The highest BCUT2D eigenvalue weighted by Crippen LogP contribution is 2.23. The first-order valence-corrected chi connectivity index (χ1v) is 7.89. The summed E-state index contributed by atoms with van der Waals surface area (Å²) >= 11 is 7.29. The molecule has 3 rings (SSSR count). The number of aromatic nitrogens is 2. The predicted molar refractivity (Wildman–Crippen MR) is 85.2 cm³/mol. The van der Waals surface area contributed by atoms with Crippen LogP contribution in [0.3, 0.4) is 0 Å². The molecule has 1 N–H and O–H groups in total. The largest absolute Gasteiger partial charge is 0.407 e. The number of benzene rings is 1. The van der Waals surface area contributed by atoms with Crippen LogP contribution in [0, 0.1) is 5.82 Å². The number of rotatable bonds is 5. The molecule has 0 fully saturated rings. The molecular weight excluding hydrogens is 341 g/mol. The van der Waals surface area contributed by atoms with E-state index in [1.807, 2.05) is 6.07 Å². The smallest absolute Gasteiger partial charge is 0.322 e. The highest BCUT2D eigenvalue weighted by Gasteiger charge is 2.11. The molecular formula is C15H11ClFN3O2S. The average Bonchev–Trinajstić information content (AvgIpc) is 3.11. The minimum absolute atomic E-state index is 0.0368. The fourth-order valence-electron chi connectivity index (χ4n) is 1.92. The van der Waals surface area contributed by atoms with E-state index in [9.17, 15) is 9.18 Å². The van der Waals surface area contributed by atoms with Gasteiger partial charge in [-0.05, 0) is 29.8 Å². The van der Waals surface area contributed by atoms with Crippen LogP contribution in [-0.4, -0.2) is 16.1 Å². The van der Waals surface area contributed by atoms with Crippen molar-refractivity contribution in [3.05, 3.63) is 62.9 Å². The fourth-order valence-corrected chi connectivity index (χ4v) is 3.00. The van der Waals surface area contributed by atoms with Crippen molar-refractivity contribution in [2.45, 2.75) is 12.8 Å². The molecule has 0 aliphatic rings. The lowest BCUT2D eigenvalue weighted by Gasteiger charge is -2.00. The molecule has 0 saturated carbocycles. The van der Waals surface area contributed by atoms with Gasteiger partial charge in [-0.25, -0.2) is 4.39 Å². The number of nitrogens with one attached hydrogen (secondary N) is 1. The molecule has 0 aliphatic carbocycles. The number of carbonyl (C=O) groups excluding carboxylic acids is 1. The third kappa shape index (κ3) is 4.37. The Hall–Kier alpha value is -2.25. The Balaban J connectivity index is 1.57. The zero-order chi connectivity index (χ0) is 16.2. The molecule has 8 heteroatoms. The summed E-state index contributed by atoms with van der Waals surface area (Å²) in [4.78, 5) is 12.9. The maximum atomic E-state index is 12.8. The van der Waals surface area contributed by atoms with E-state index in [0.717, 1.165) is 4.88 Å². The van der Waals surface area contributed by atoms with Gasteiger partial charge in [0, 0.05) is 4.88 Å². The van der Waals surface area contributed by atoms with E-state index in [0.29, 0.717) is 22.2 Å². The lowest BCUT2D eigenvalue weighted by atomic mass is 10.1. The van der Waals surface area contributed by atoms with Crippen molar-refractivity contribution < 1.29 is 13.6 Å². The van der Waals surface area contributed by atoms with Crippen LogP contribution < -0.4 is 5.32 Å². The molecule has 2 aromatic heterocycles. The van der Waals surface area contributed by atoms with Gasteiger partial charge in [-0.2, -0.15) is 0 Å². The summed E-state index contributed by atoms with van der Waals surface area (Å²) in [5.41, 5.74) is 0.692. The van der Waals surface area contributed by atoms with Crippen molar-refractivity contribution in [2.75, 3.05) is 5.32 Å². The maximum absolute atomic E-state index is 12.8. The topological polar surface area (TPSA) is 68.0 Å². The number of hydrogen-bond donors (Lipinski definition) is 1. The number of amides is 1. The monoisotopic (exact) mass is 351 g/mol. The molecule has 118 valence electrons.